The highest BCUT2D eigenvalue weighted by Crippen LogP contribution is 2.31. The van der Waals surface area contributed by atoms with Crippen molar-refractivity contribution >= 4 is 11.6 Å². The molecule has 3 aromatic rings. The molecular weight excluding hydrogens is 478 g/mol. The maximum absolute atomic E-state index is 9.73. The summed E-state index contributed by atoms with van der Waals surface area (Å²) in [5.41, 5.74) is 4.44. The van der Waals surface area contributed by atoms with Crippen LogP contribution in [0.5, 0.6) is 5.75 Å². The van der Waals surface area contributed by atoms with Crippen molar-refractivity contribution in [2.24, 2.45) is 0 Å². The molecule has 1 N–H and O–H groups in total. The van der Waals surface area contributed by atoms with E-state index < -0.39 is 0 Å². The van der Waals surface area contributed by atoms with E-state index >= 15 is 0 Å². The Kier molecular flexibility index (Phi) is 7.49. The van der Waals surface area contributed by atoms with Gasteiger partial charge in [0.25, 0.3) is 0 Å². The number of hydrogen-bond donors (Lipinski definition) is 1. The molecule has 0 unspecified atom stereocenters. The fourth-order valence-corrected chi connectivity index (χ4v) is 5.43. The zero-order chi connectivity index (χ0) is 25.7. The largest absolute Gasteiger partial charge is 0.489 e. The lowest BCUT2D eigenvalue weighted by atomic mass is 9.88. The van der Waals surface area contributed by atoms with E-state index in [0.29, 0.717) is 42.4 Å². The van der Waals surface area contributed by atoms with E-state index in [0.717, 1.165) is 56.1 Å². The van der Waals surface area contributed by atoms with E-state index in [9.17, 15) is 5.26 Å². The van der Waals surface area contributed by atoms with E-state index in [-0.39, 0.29) is 6.10 Å². The molecule has 38 heavy (non-hydrogen) atoms. The standard InChI is InChI=1S/C30H33N5O3/c31-18-24-17-23(3-6-29(24)38-27-10-15-36-16-11-27)28-7-12-32-30(34-28)33-25-4-1-21(2-5-25)22-8-13-35(14-9-22)26-19-37-20-26/h1-7,12,17,22,26-27H,8-11,13-16,19-20H2,(H,32,33,34). The molecule has 0 amide bonds. The van der Waals surface area contributed by atoms with Gasteiger partial charge in [0, 0.05) is 30.3 Å². The molecule has 0 aliphatic carbocycles. The first kappa shape index (κ1) is 24.8. The number of nitrogens with one attached hydrogen (secondary N) is 1. The number of hydrogen-bond acceptors (Lipinski definition) is 8. The van der Waals surface area contributed by atoms with Crippen LogP contribution >= 0.6 is 0 Å². The van der Waals surface area contributed by atoms with Crippen LogP contribution in [0, 0.1) is 11.3 Å². The number of piperidine rings is 1. The van der Waals surface area contributed by atoms with Crippen LogP contribution in [0.3, 0.4) is 0 Å². The highest BCUT2D eigenvalue weighted by molar-refractivity contribution is 5.66. The van der Waals surface area contributed by atoms with Gasteiger partial charge >= 0.3 is 0 Å². The van der Waals surface area contributed by atoms with Crippen LogP contribution in [0.1, 0.15) is 42.7 Å². The number of ether oxygens (including phenoxy) is 3. The Balaban J connectivity index is 1.10. The van der Waals surface area contributed by atoms with Gasteiger partial charge in [-0.3, -0.25) is 4.90 Å². The Morgan fingerprint density at radius 1 is 0.947 bits per heavy atom. The zero-order valence-corrected chi connectivity index (χ0v) is 21.5. The maximum Gasteiger partial charge on any atom is 0.227 e. The number of aromatic nitrogens is 2. The summed E-state index contributed by atoms with van der Waals surface area (Å²) >= 11 is 0. The second kappa shape index (κ2) is 11.5. The molecule has 0 bridgehead atoms. The number of likely N-dealkylation sites (tertiary alicyclic amines) is 1. The van der Waals surface area contributed by atoms with Gasteiger partial charge in [-0.1, -0.05) is 12.1 Å². The van der Waals surface area contributed by atoms with E-state index in [1.54, 1.807) is 6.20 Å². The molecule has 0 radical (unpaired) electrons. The van der Waals surface area contributed by atoms with E-state index in [1.165, 1.54) is 18.4 Å². The molecule has 0 spiro atoms. The van der Waals surface area contributed by atoms with Crippen molar-refractivity contribution in [2.75, 3.05) is 44.8 Å². The number of anilines is 2. The van der Waals surface area contributed by atoms with Crippen molar-refractivity contribution in [3.05, 3.63) is 65.9 Å². The minimum atomic E-state index is 0.0816. The van der Waals surface area contributed by atoms with Gasteiger partial charge in [-0.25, -0.2) is 9.97 Å². The third-order valence-corrected chi connectivity index (χ3v) is 7.82. The summed E-state index contributed by atoms with van der Waals surface area (Å²) < 4.78 is 16.9. The summed E-state index contributed by atoms with van der Waals surface area (Å²) in [6.07, 6.45) is 5.88. The Bertz CT molecular complexity index is 1270. The van der Waals surface area contributed by atoms with Gasteiger partial charge < -0.3 is 19.5 Å². The number of benzene rings is 2. The van der Waals surface area contributed by atoms with Crippen molar-refractivity contribution in [3.63, 3.8) is 0 Å². The lowest BCUT2D eigenvalue weighted by Gasteiger charge is -2.41. The molecule has 3 aliphatic heterocycles. The Hall–Kier alpha value is -3.51. The van der Waals surface area contributed by atoms with Gasteiger partial charge in [0.2, 0.25) is 5.95 Å². The van der Waals surface area contributed by atoms with Crippen LogP contribution in [0.2, 0.25) is 0 Å². The monoisotopic (exact) mass is 511 g/mol. The minimum Gasteiger partial charge on any atom is -0.489 e. The molecule has 8 nitrogen and oxygen atoms in total. The van der Waals surface area contributed by atoms with Gasteiger partial charge in [0.1, 0.15) is 17.9 Å². The van der Waals surface area contributed by atoms with Crippen LogP contribution in [-0.4, -0.2) is 66.5 Å². The summed E-state index contributed by atoms with van der Waals surface area (Å²) in [5.74, 6) is 1.74. The smallest absolute Gasteiger partial charge is 0.227 e. The molecule has 0 atom stereocenters. The molecule has 6 rings (SSSR count). The molecule has 4 heterocycles. The molecule has 196 valence electrons. The third-order valence-electron chi connectivity index (χ3n) is 7.82. The highest BCUT2D eigenvalue weighted by atomic mass is 16.5. The second-order valence-electron chi connectivity index (χ2n) is 10.3. The Labute approximate surface area is 223 Å². The minimum absolute atomic E-state index is 0.0816. The van der Waals surface area contributed by atoms with Crippen LogP contribution < -0.4 is 10.1 Å². The predicted molar refractivity (Wildman–Crippen MR) is 145 cm³/mol. The molecular formula is C30H33N5O3. The van der Waals surface area contributed by atoms with Gasteiger partial charge in [-0.05, 0) is 73.8 Å². The Morgan fingerprint density at radius 2 is 1.74 bits per heavy atom. The zero-order valence-electron chi connectivity index (χ0n) is 21.5. The average Bonchev–Trinajstić information content (AvgIpc) is 2.94. The number of nitrogens with zero attached hydrogens (tertiary/aromatic N) is 4. The SMILES string of the molecule is N#Cc1cc(-c2ccnc(Nc3ccc(C4CCN(C5COC5)CC4)cc3)n2)ccc1OC1CCOCC1. The molecule has 3 saturated heterocycles. The summed E-state index contributed by atoms with van der Waals surface area (Å²) in [6.45, 7) is 5.47. The molecule has 8 heteroatoms. The number of rotatable bonds is 7. The van der Waals surface area contributed by atoms with Gasteiger partial charge in [-0.15, -0.1) is 0 Å². The molecule has 1 aromatic heterocycles. The fourth-order valence-electron chi connectivity index (χ4n) is 5.43. The van der Waals surface area contributed by atoms with Crippen LogP contribution in [-0.2, 0) is 9.47 Å². The summed E-state index contributed by atoms with van der Waals surface area (Å²) in [4.78, 5) is 11.7. The molecule has 3 fully saturated rings. The van der Waals surface area contributed by atoms with Crippen molar-refractivity contribution in [2.45, 2.75) is 43.7 Å². The lowest BCUT2D eigenvalue weighted by Crippen LogP contribution is -2.51. The van der Waals surface area contributed by atoms with Crippen LogP contribution in [0.15, 0.2) is 54.7 Å². The topological polar surface area (TPSA) is 92.5 Å². The van der Waals surface area contributed by atoms with Crippen LogP contribution in [0.4, 0.5) is 11.6 Å². The normalized spacial score (nSPS) is 19.4. The number of nitriles is 1. The second-order valence-corrected chi connectivity index (χ2v) is 10.3. The van der Waals surface area contributed by atoms with Gasteiger partial charge in [0.15, 0.2) is 0 Å². The van der Waals surface area contributed by atoms with Crippen molar-refractivity contribution in [3.8, 4) is 23.1 Å². The van der Waals surface area contributed by atoms with E-state index in [2.05, 4.69) is 45.5 Å². The summed E-state index contributed by atoms with van der Waals surface area (Å²) in [5, 5.41) is 13.1. The fraction of sp³-hybridized carbons (Fsp3) is 0.433. The third kappa shape index (κ3) is 5.65. The lowest BCUT2D eigenvalue weighted by molar-refractivity contribution is -0.0712. The van der Waals surface area contributed by atoms with Gasteiger partial charge in [0.05, 0.1) is 43.7 Å². The van der Waals surface area contributed by atoms with Crippen LogP contribution in [0.25, 0.3) is 11.3 Å². The van der Waals surface area contributed by atoms with Crippen molar-refractivity contribution in [1.29, 1.82) is 5.26 Å². The van der Waals surface area contributed by atoms with Crippen molar-refractivity contribution in [1.82, 2.24) is 14.9 Å². The predicted octanol–water partition coefficient (Wildman–Crippen LogP) is 4.89. The highest BCUT2D eigenvalue weighted by Gasteiger charge is 2.30. The van der Waals surface area contributed by atoms with Gasteiger partial charge in [-0.2, -0.15) is 5.26 Å². The summed E-state index contributed by atoms with van der Waals surface area (Å²) in [6, 6.07) is 19.0. The first-order valence-corrected chi connectivity index (χ1v) is 13.6. The Morgan fingerprint density at radius 3 is 2.45 bits per heavy atom. The van der Waals surface area contributed by atoms with E-state index in [1.807, 2.05) is 24.3 Å². The molecule has 0 saturated carbocycles. The molecule has 2 aromatic carbocycles. The summed E-state index contributed by atoms with van der Waals surface area (Å²) in [7, 11) is 0. The first-order chi connectivity index (χ1) is 18.7. The van der Waals surface area contributed by atoms with E-state index in [4.69, 9.17) is 19.2 Å². The first-order valence-electron chi connectivity index (χ1n) is 13.6. The molecule has 3 aliphatic rings. The van der Waals surface area contributed by atoms with Crippen molar-refractivity contribution < 1.29 is 14.2 Å². The quantitative estimate of drug-likeness (QED) is 0.479. The maximum atomic E-state index is 9.73. The average molecular weight is 512 g/mol.